The SMILES string of the molecule is CC(Sc1nnc(-c2c[nH]c3ccccc23)n1-c1ccc(Cl)cc1)C(=O)Nc1ccccc1[N+](=O)[O-]. The van der Waals surface area contributed by atoms with Crippen molar-refractivity contribution >= 4 is 51.5 Å². The van der Waals surface area contributed by atoms with Gasteiger partial charge in [-0.05, 0) is 43.3 Å². The van der Waals surface area contributed by atoms with Gasteiger partial charge in [-0.25, -0.2) is 0 Å². The minimum atomic E-state index is -0.629. The zero-order valence-electron chi connectivity index (χ0n) is 18.9. The summed E-state index contributed by atoms with van der Waals surface area (Å²) in [4.78, 5) is 27.0. The molecule has 5 rings (SSSR count). The van der Waals surface area contributed by atoms with Crippen molar-refractivity contribution < 1.29 is 9.72 Å². The van der Waals surface area contributed by atoms with Crippen molar-refractivity contribution in [3.05, 3.63) is 94.1 Å². The molecule has 1 atom stereocenters. The maximum absolute atomic E-state index is 13.0. The Labute approximate surface area is 214 Å². The van der Waals surface area contributed by atoms with E-state index in [0.29, 0.717) is 16.0 Å². The van der Waals surface area contributed by atoms with Crippen LogP contribution in [0.2, 0.25) is 5.02 Å². The second-order valence-corrected chi connectivity index (χ2v) is 9.63. The lowest BCUT2D eigenvalue weighted by Crippen LogP contribution is -2.23. The fraction of sp³-hybridized carbons (Fsp3) is 0.0800. The average molecular weight is 519 g/mol. The molecule has 1 amide bonds. The molecule has 9 nitrogen and oxygen atoms in total. The first-order valence-electron chi connectivity index (χ1n) is 10.9. The summed E-state index contributed by atoms with van der Waals surface area (Å²) in [5.41, 5.74) is 2.56. The third kappa shape index (κ3) is 4.56. The van der Waals surface area contributed by atoms with Crippen LogP contribution in [0.1, 0.15) is 6.92 Å². The molecule has 2 heterocycles. The molecule has 1 unspecified atom stereocenters. The molecule has 0 aliphatic rings. The molecule has 3 aromatic carbocycles. The van der Waals surface area contributed by atoms with Gasteiger partial charge in [-0.1, -0.05) is 53.7 Å². The monoisotopic (exact) mass is 518 g/mol. The van der Waals surface area contributed by atoms with Crippen LogP contribution in [0.25, 0.3) is 28.0 Å². The van der Waals surface area contributed by atoms with E-state index in [4.69, 9.17) is 11.6 Å². The Morgan fingerprint density at radius 2 is 1.81 bits per heavy atom. The predicted octanol–water partition coefficient (Wildman–Crippen LogP) is 6.10. The van der Waals surface area contributed by atoms with Gasteiger partial charge in [-0.3, -0.25) is 19.5 Å². The highest BCUT2D eigenvalue weighted by Gasteiger charge is 2.24. The van der Waals surface area contributed by atoms with E-state index in [2.05, 4.69) is 20.5 Å². The molecule has 11 heteroatoms. The molecule has 0 fully saturated rings. The number of rotatable bonds is 7. The van der Waals surface area contributed by atoms with Crippen molar-refractivity contribution in [3.8, 4) is 17.1 Å². The highest BCUT2D eigenvalue weighted by atomic mass is 35.5. The van der Waals surface area contributed by atoms with E-state index in [1.54, 1.807) is 31.2 Å². The molecule has 0 spiro atoms. The lowest BCUT2D eigenvalue weighted by atomic mass is 10.1. The van der Waals surface area contributed by atoms with Gasteiger partial charge in [-0.15, -0.1) is 10.2 Å². The number of halogens is 1. The molecular weight excluding hydrogens is 500 g/mol. The number of amides is 1. The molecule has 0 saturated carbocycles. The molecule has 0 aliphatic carbocycles. The third-order valence-corrected chi connectivity index (χ3v) is 6.85. The standard InChI is InChI=1S/C25H19ClN6O3S/c1-15(24(33)28-21-8-4-5-9-22(21)32(34)35)36-25-30-29-23(31(25)17-12-10-16(26)11-13-17)19-14-27-20-7-3-2-6-18(19)20/h2-15,27H,1H3,(H,28,33). The van der Waals surface area contributed by atoms with Crippen molar-refractivity contribution in [2.24, 2.45) is 0 Å². The number of hydrogen-bond donors (Lipinski definition) is 2. The molecule has 0 saturated heterocycles. The van der Waals surface area contributed by atoms with Gasteiger partial charge in [0.15, 0.2) is 11.0 Å². The minimum Gasteiger partial charge on any atom is -0.360 e. The summed E-state index contributed by atoms with van der Waals surface area (Å²) in [6.07, 6.45) is 1.88. The predicted molar refractivity (Wildman–Crippen MR) is 141 cm³/mol. The molecule has 0 aliphatic heterocycles. The topological polar surface area (TPSA) is 119 Å². The summed E-state index contributed by atoms with van der Waals surface area (Å²) in [5, 5.41) is 24.3. The number of aromatic amines is 1. The largest absolute Gasteiger partial charge is 0.360 e. The van der Waals surface area contributed by atoms with E-state index in [0.717, 1.165) is 22.2 Å². The maximum atomic E-state index is 13.0. The number of H-pyrrole nitrogens is 1. The first kappa shape index (κ1) is 23.6. The Bertz CT molecular complexity index is 1580. The molecule has 2 aromatic heterocycles. The summed E-state index contributed by atoms with van der Waals surface area (Å²) >= 11 is 7.32. The van der Waals surface area contributed by atoms with Gasteiger partial charge in [0.1, 0.15) is 5.69 Å². The van der Waals surface area contributed by atoms with E-state index < -0.39 is 16.1 Å². The molecule has 0 bridgehead atoms. The zero-order valence-corrected chi connectivity index (χ0v) is 20.5. The van der Waals surface area contributed by atoms with Gasteiger partial charge < -0.3 is 10.3 Å². The van der Waals surface area contributed by atoms with Crippen LogP contribution in [-0.2, 0) is 4.79 Å². The van der Waals surface area contributed by atoms with Crippen LogP contribution >= 0.6 is 23.4 Å². The van der Waals surface area contributed by atoms with E-state index in [9.17, 15) is 14.9 Å². The number of nitrogens with one attached hydrogen (secondary N) is 2. The van der Waals surface area contributed by atoms with Crippen LogP contribution in [0.4, 0.5) is 11.4 Å². The summed E-state index contributed by atoms with van der Waals surface area (Å²) < 4.78 is 1.87. The van der Waals surface area contributed by atoms with E-state index in [1.165, 1.54) is 23.9 Å². The van der Waals surface area contributed by atoms with Crippen molar-refractivity contribution in [2.45, 2.75) is 17.3 Å². The van der Waals surface area contributed by atoms with Gasteiger partial charge in [-0.2, -0.15) is 0 Å². The molecule has 0 radical (unpaired) electrons. The number of benzene rings is 3. The Kier molecular flexibility index (Phi) is 6.45. The lowest BCUT2D eigenvalue weighted by molar-refractivity contribution is -0.383. The Morgan fingerprint density at radius 3 is 2.58 bits per heavy atom. The number of nitrogens with zero attached hydrogens (tertiary/aromatic N) is 4. The molecule has 2 N–H and O–H groups in total. The minimum absolute atomic E-state index is 0.138. The van der Waals surface area contributed by atoms with Crippen LogP contribution in [0.3, 0.4) is 0 Å². The molecule has 5 aromatic rings. The molecular formula is C25H19ClN6O3S. The number of carbonyl (C=O) groups excluding carboxylic acids is 1. The van der Waals surface area contributed by atoms with Crippen LogP contribution in [0.15, 0.2) is 84.1 Å². The van der Waals surface area contributed by atoms with E-state index in [1.807, 2.05) is 47.2 Å². The van der Waals surface area contributed by atoms with Crippen molar-refractivity contribution in [1.29, 1.82) is 0 Å². The summed E-state index contributed by atoms with van der Waals surface area (Å²) in [7, 11) is 0. The number of fused-ring (bicyclic) bond motifs is 1. The van der Waals surface area contributed by atoms with Crippen molar-refractivity contribution in [2.75, 3.05) is 5.32 Å². The van der Waals surface area contributed by atoms with Gasteiger partial charge in [0.25, 0.3) is 5.69 Å². The third-order valence-electron chi connectivity index (χ3n) is 5.56. The Balaban J connectivity index is 1.50. The van der Waals surface area contributed by atoms with Crippen LogP contribution in [0, 0.1) is 10.1 Å². The number of para-hydroxylation sites is 3. The van der Waals surface area contributed by atoms with Gasteiger partial charge in [0.05, 0.1) is 10.2 Å². The fourth-order valence-corrected chi connectivity index (χ4v) is 4.78. The number of aromatic nitrogens is 4. The molecule has 180 valence electrons. The van der Waals surface area contributed by atoms with Crippen molar-refractivity contribution in [3.63, 3.8) is 0 Å². The van der Waals surface area contributed by atoms with Gasteiger partial charge in [0, 0.05) is 39.4 Å². The number of anilines is 1. The van der Waals surface area contributed by atoms with Crippen molar-refractivity contribution in [1.82, 2.24) is 19.7 Å². The van der Waals surface area contributed by atoms with Crippen LogP contribution in [-0.4, -0.2) is 35.8 Å². The number of carbonyl (C=O) groups is 1. The van der Waals surface area contributed by atoms with E-state index >= 15 is 0 Å². The second kappa shape index (κ2) is 9.84. The number of nitro groups is 1. The summed E-state index contributed by atoms with van der Waals surface area (Å²) in [6, 6.07) is 21.2. The Hall–Kier alpha value is -4.15. The fourth-order valence-electron chi connectivity index (χ4n) is 3.78. The van der Waals surface area contributed by atoms with Gasteiger partial charge in [0.2, 0.25) is 5.91 Å². The average Bonchev–Trinajstić information content (AvgIpc) is 3.48. The quantitative estimate of drug-likeness (QED) is 0.153. The number of hydrogen-bond acceptors (Lipinski definition) is 6. The first-order chi connectivity index (χ1) is 17.4. The zero-order chi connectivity index (χ0) is 25.2. The first-order valence-corrected chi connectivity index (χ1v) is 12.2. The second-order valence-electron chi connectivity index (χ2n) is 7.89. The smallest absolute Gasteiger partial charge is 0.292 e. The summed E-state index contributed by atoms with van der Waals surface area (Å²) in [6.45, 7) is 1.71. The molecule has 36 heavy (non-hydrogen) atoms. The highest BCUT2D eigenvalue weighted by Crippen LogP contribution is 2.34. The lowest BCUT2D eigenvalue weighted by Gasteiger charge is -2.14. The highest BCUT2D eigenvalue weighted by molar-refractivity contribution is 8.00. The normalized spacial score (nSPS) is 11.9. The Morgan fingerprint density at radius 1 is 1.08 bits per heavy atom. The van der Waals surface area contributed by atoms with Gasteiger partial charge >= 0.3 is 0 Å². The maximum Gasteiger partial charge on any atom is 0.292 e. The van der Waals surface area contributed by atoms with E-state index in [-0.39, 0.29) is 11.4 Å². The van der Waals surface area contributed by atoms with Crippen LogP contribution < -0.4 is 5.32 Å². The number of thioether (sulfide) groups is 1. The summed E-state index contributed by atoms with van der Waals surface area (Å²) in [5.74, 6) is 0.206. The van der Waals surface area contributed by atoms with Crippen LogP contribution in [0.5, 0.6) is 0 Å². The number of nitro benzene ring substituents is 1.